The molecule has 1 fully saturated rings. The monoisotopic (exact) mass is 349 g/mol. The van der Waals surface area contributed by atoms with E-state index in [2.05, 4.69) is 20.5 Å². The van der Waals surface area contributed by atoms with Gasteiger partial charge in [-0.1, -0.05) is 12.1 Å². The Kier molecular flexibility index (Phi) is 4.51. The van der Waals surface area contributed by atoms with E-state index in [4.69, 9.17) is 4.74 Å². The number of H-pyrrole nitrogens is 1. The van der Waals surface area contributed by atoms with E-state index >= 15 is 0 Å². The molecule has 2 aromatic heterocycles. The minimum absolute atomic E-state index is 0.0127. The summed E-state index contributed by atoms with van der Waals surface area (Å²) in [6, 6.07) is 13.1. The van der Waals surface area contributed by atoms with Gasteiger partial charge in [-0.25, -0.2) is 4.79 Å². The van der Waals surface area contributed by atoms with Crippen LogP contribution in [0.1, 0.15) is 6.42 Å². The molecule has 1 atom stereocenters. The van der Waals surface area contributed by atoms with Gasteiger partial charge in [-0.15, -0.1) is 0 Å². The molecular formula is C19H19N5O2. The highest BCUT2D eigenvalue weighted by Crippen LogP contribution is 2.22. The fourth-order valence-corrected chi connectivity index (χ4v) is 3.00. The van der Waals surface area contributed by atoms with Crippen LogP contribution in [-0.2, 0) is 0 Å². The number of anilines is 1. The first-order valence-corrected chi connectivity index (χ1v) is 8.50. The zero-order valence-electron chi connectivity index (χ0n) is 14.1. The molecular weight excluding hydrogens is 330 g/mol. The SMILES string of the molecule is O=C(Nc1cccc(-c2ccn[nH]2)c1)N1CCC(Oc2cccnc2)C1. The predicted molar refractivity (Wildman–Crippen MR) is 97.9 cm³/mol. The Hall–Kier alpha value is -3.35. The van der Waals surface area contributed by atoms with E-state index in [1.807, 2.05) is 42.5 Å². The lowest BCUT2D eigenvalue weighted by Crippen LogP contribution is -2.34. The lowest BCUT2D eigenvalue weighted by molar-refractivity contribution is 0.194. The van der Waals surface area contributed by atoms with Gasteiger partial charge in [0, 0.05) is 36.6 Å². The van der Waals surface area contributed by atoms with Gasteiger partial charge in [0.15, 0.2) is 0 Å². The molecule has 0 aliphatic carbocycles. The molecule has 7 nitrogen and oxygen atoms in total. The van der Waals surface area contributed by atoms with Crippen LogP contribution in [0.2, 0.25) is 0 Å². The molecule has 1 aliphatic rings. The second kappa shape index (κ2) is 7.26. The van der Waals surface area contributed by atoms with Crippen molar-refractivity contribution in [3.63, 3.8) is 0 Å². The zero-order valence-corrected chi connectivity index (χ0v) is 14.1. The number of pyridine rings is 1. The number of likely N-dealkylation sites (tertiary alicyclic amines) is 1. The number of hydrogen-bond acceptors (Lipinski definition) is 4. The largest absolute Gasteiger partial charge is 0.487 e. The van der Waals surface area contributed by atoms with Crippen molar-refractivity contribution >= 4 is 11.7 Å². The van der Waals surface area contributed by atoms with Crippen LogP contribution in [0.4, 0.5) is 10.5 Å². The molecule has 132 valence electrons. The van der Waals surface area contributed by atoms with Crippen LogP contribution in [0.5, 0.6) is 5.75 Å². The zero-order chi connectivity index (χ0) is 17.8. The Morgan fingerprint density at radius 3 is 3.00 bits per heavy atom. The van der Waals surface area contributed by atoms with Gasteiger partial charge >= 0.3 is 6.03 Å². The van der Waals surface area contributed by atoms with Crippen LogP contribution in [0, 0.1) is 0 Å². The fourth-order valence-electron chi connectivity index (χ4n) is 3.00. The van der Waals surface area contributed by atoms with Crippen LogP contribution in [0.15, 0.2) is 61.1 Å². The quantitative estimate of drug-likeness (QED) is 0.758. The van der Waals surface area contributed by atoms with E-state index in [9.17, 15) is 4.79 Å². The molecule has 0 saturated carbocycles. The fraction of sp³-hybridized carbons (Fsp3) is 0.211. The van der Waals surface area contributed by atoms with E-state index in [0.717, 1.165) is 29.1 Å². The third-order valence-corrected chi connectivity index (χ3v) is 4.29. The second-order valence-corrected chi connectivity index (χ2v) is 6.14. The first-order chi connectivity index (χ1) is 12.8. The molecule has 1 unspecified atom stereocenters. The molecule has 1 aromatic carbocycles. The van der Waals surface area contributed by atoms with Crippen LogP contribution in [0.25, 0.3) is 11.3 Å². The number of urea groups is 1. The number of aromatic nitrogens is 3. The number of ether oxygens (including phenoxy) is 1. The third-order valence-electron chi connectivity index (χ3n) is 4.29. The first kappa shape index (κ1) is 16.1. The Labute approximate surface area is 151 Å². The molecule has 1 aliphatic heterocycles. The molecule has 7 heteroatoms. The number of aromatic amines is 1. The minimum atomic E-state index is -0.121. The van der Waals surface area contributed by atoms with Crippen molar-refractivity contribution in [2.75, 3.05) is 18.4 Å². The summed E-state index contributed by atoms with van der Waals surface area (Å²) in [5, 5.41) is 9.83. The van der Waals surface area contributed by atoms with Gasteiger partial charge in [-0.3, -0.25) is 10.1 Å². The number of amides is 2. The molecule has 3 aromatic rings. The Morgan fingerprint density at radius 1 is 1.23 bits per heavy atom. The summed E-state index contributed by atoms with van der Waals surface area (Å²) in [5.41, 5.74) is 2.63. The van der Waals surface area contributed by atoms with E-state index in [0.29, 0.717) is 13.1 Å². The van der Waals surface area contributed by atoms with Gasteiger partial charge in [0.25, 0.3) is 0 Å². The Balaban J connectivity index is 1.36. The van der Waals surface area contributed by atoms with Crippen LogP contribution >= 0.6 is 0 Å². The molecule has 3 heterocycles. The van der Waals surface area contributed by atoms with Crippen molar-refractivity contribution in [2.24, 2.45) is 0 Å². The number of nitrogens with one attached hydrogen (secondary N) is 2. The molecule has 0 radical (unpaired) electrons. The molecule has 0 bridgehead atoms. The number of nitrogens with zero attached hydrogens (tertiary/aromatic N) is 3. The Bertz CT molecular complexity index is 867. The smallest absolute Gasteiger partial charge is 0.321 e. The van der Waals surface area contributed by atoms with E-state index in [1.165, 1.54) is 0 Å². The van der Waals surface area contributed by atoms with Crippen molar-refractivity contribution < 1.29 is 9.53 Å². The summed E-state index contributed by atoms with van der Waals surface area (Å²) >= 11 is 0. The van der Waals surface area contributed by atoms with E-state index in [-0.39, 0.29) is 12.1 Å². The molecule has 1 saturated heterocycles. The van der Waals surface area contributed by atoms with Crippen molar-refractivity contribution in [3.8, 4) is 17.0 Å². The maximum Gasteiger partial charge on any atom is 0.321 e. The lowest BCUT2D eigenvalue weighted by Gasteiger charge is -2.18. The second-order valence-electron chi connectivity index (χ2n) is 6.14. The standard InChI is InChI=1S/C19H19N5O2/c25-19(22-15-4-1-3-14(11-15)18-6-9-21-23-18)24-10-7-17(13-24)26-16-5-2-8-20-12-16/h1-6,8-9,11-12,17H,7,10,13H2,(H,21,23)(H,22,25). The predicted octanol–water partition coefficient (Wildman–Crippen LogP) is 3.16. The summed E-state index contributed by atoms with van der Waals surface area (Å²) in [5.74, 6) is 0.729. The number of hydrogen-bond donors (Lipinski definition) is 2. The normalized spacial score (nSPS) is 16.5. The van der Waals surface area contributed by atoms with E-state index in [1.54, 1.807) is 23.5 Å². The maximum atomic E-state index is 12.5. The molecule has 4 rings (SSSR count). The lowest BCUT2D eigenvalue weighted by atomic mass is 10.1. The highest BCUT2D eigenvalue weighted by molar-refractivity contribution is 5.90. The van der Waals surface area contributed by atoms with Gasteiger partial charge in [-0.05, 0) is 30.3 Å². The highest BCUT2D eigenvalue weighted by Gasteiger charge is 2.27. The summed E-state index contributed by atoms with van der Waals surface area (Å²) in [7, 11) is 0. The van der Waals surface area contributed by atoms with Crippen LogP contribution < -0.4 is 10.1 Å². The Morgan fingerprint density at radius 2 is 2.19 bits per heavy atom. The summed E-state index contributed by atoms with van der Waals surface area (Å²) in [4.78, 5) is 18.3. The highest BCUT2D eigenvalue weighted by atomic mass is 16.5. The van der Waals surface area contributed by atoms with Crippen molar-refractivity contribution in [2.45, 2.75) is 12.5 Å². The van der Waals surface area contributed by atoms with Crippen molar-refractivity contribution in [1.29, 1.82) is 0 Å². The topological polar surface area (TPSA) is 83.1 Å². The molecule has 2 amide bonds. The summed E-state index contributed by atoms with van der Waals surface area (Å²) in [6.45, 7) is 1.22. The van der Waals surface area contributed by atoms with Gasteiger partial charge in [0.2, 0.25) is 0 Å². The van der Waals surface area contributed by atoms with Gasteiger partial charge < -0.3 is 15.0 Å². The van der Waals surface area contributed by atoms with Crippen LogP contribution in [-0.4, -0.2) is 45.3 Å². The van der Waals surface area contributed by atoms with Crippen molar-refractivity contribution in [1.82, 2.24) is 20.1 Å². The summed E-state index contributed by atoms with van der Waals surface area (Å²) < 4.78 is 5.88. The van der Waals surface area contributed by atoms with Crippen LogP contribution in [0.3, 0.4) is 0 Å². The molecule has 0 spiro atoms. The number of carbonyl (C=O) groups is 1. The number of carbonyl (C=O) groups excluding carboxylic acids is 1. The minimum Gasteiger partial charge on any atom is -0.487 e. The van der Waals surface area contributed by atoms with Gasteiger partial charge in [0.1, 0.15) is 11.9 Å². The number of benzene rings is 1. The van der Waals surface area contributed by atoms with E-state index < -0.39 is 0 Å². The summed E-state index contributed by atoms with van der Waals surface area (Å²) in [6.07, 6.45) is 5.88. The average Bonchev–Trinajstić information content (AvgIpc) is 3.35. The van der Waals surface area contributed by atoms with Gasteiger partial charge in [0.05, 0.1) is 18.4 Å². The maximum absolute atomic E-state index is 12.5. The third kappa shape index (κ3) is 3.66. The number of rotatable bonds is 4. The first-order valence-electron chi connectivity index (χ1n) is 8.50. The average molecular weight is 349 g/mol. The van der Waals surface area contributed by atoms with Gasteiger partial charge in [-0.2, -0.15) is 5.10 Å². The molecule has 2 N–H and O–H groups in total. The molecule has 26 heavy (non-hydrogen) atoms. The van der Waals surface area contributed by atoms with Crippen molar-refractivity contribution in [3.05, 3.63) is 61.1 Å².